The molecule has 1 aromatic heterocycles. The van der Waals surface area contributed by atoms with E-state index in [1.54, 1.807) is 0 Å². The Kier molecular flexibility index (Phi) is 5.94. The molecule has 4 aromatic rings. The number of aryl methyl sites for hydroxylation is 4. The summed E-state index contributed by atoms with van der Waals surface area (Å²) in [7, 11) is 0. The number of fused-ring (bicyclic) bond motifs is 1. The van der Waals surface area contributed by atoms with E-state index in [0.29, 0.717) is 12.1 Å². The molecule has 0 unspecified atom stereocenters. The smallest absolute Gasteiger partial charge is 0.251 e. The van der Waals surface area contributed by atoms with Gasteiger partial charge in [-0.25, -0.2) is 4.98 Å². The first-order valence-electron chi connectivity index (χ1n) is 10.5. The first-order valence-corrected chi connectivity index (χ1v) is 10.5. The molecule has 0 fully saturated rings. The lowest BCUT2D eigenvalue weighted by molar-refractivity contribution is 0.0949. The van der Waals surface area contributed by atoms with Gasteiger partial charge in [0.25, 0.3) is 5.91 Å². The van der Waals surface area contributed by atoms with Crippen molar-refractivity contribution in [2.45, 2.75) is 39.8 Å². The van der Waals surface area contributed by atoms with Crippen LogP contribution in [0, 0.1) is 13.8 Å². The van der Waals surface area contributed by atoms with Crippen LogP contribution in [0.1, 0.15) is 39.3 Å². The van der Waals surface area contributed by atoms with Crippen molar-refractivity contribution < 1.29 is 4.79 Å². The highest BCUT2D eigenvalue weighted by molar-refractivity contribution is 5.95. The summed E-state index contributed by atoms with van der Waals surface area (Å²) in [4.78, 5) is 17.5. The van der Waals surface area contributed by atoms with Gasteiger partial charge in [0, 0.05) is 12.1 Å². The van der Waals surface area contributed by atoms with Gasteiger partial charge in [-0.05, 0) is 56.0 Å². The average molecular weight is 398 g/mol. The Labute approximate surface area is 177 Å². The van der Waals surface area contributed by atoms with Gasteiger partial charge in [0.15, 0.2) is 0 Å². The minimum absolute atomic E-state index is 0.0598. The van der Waals surface area contributed by atoms with Crippen LogP contribution in [0.25, 0.3) is 11.0 Å². The molecule has 152 valence electrons. The maximum atomic E-state index is 12.7. The third kappa shape index (κ3) is 4.43. The number of nitrogens with one attached hydrogen (secondary N) is 1. The number of rotatable bonds is 7. The quantitative estimate of drug-likeness (QED) is 0.465. The highest BCUT2D eigenvalue weighted by atomic mass is 16.1. The van der Waals surface area contributed by atoms with Crippen LogP contribution in [0.3, 0.4) is 0 Å². The Bertz CT molecular complexity index is 1160. The van der Waals surface area contributed by atoms with Crippen LogP contribution in [-0.2, 0) is 19.5 Å². The number of amides is 1. The SMILES string of the molecule is Cc1ccc(C(=O)NCc2nc3ccccc3n2CCCc2ccccc2)c(C)c1. The molecule has 0 aliphatic heterocycles. The Hall–Kier alpha value is -3.40. The minimum atomic E-state index is -0.0598. The Morgan fingerprint density at radius 3 is 2.53 bits per heavy atom. The molecular formula is C26H27N3O. The van der Waals surface area contributed by atoms with Crippen molar-refractivity contribution in [3.63, 3.8) is 0 Å². The number of carbonyl (C=O) groups excluding carboxylic acids is 1. The molecule has 4 rings (SSSR count). The third-order valence-electron chi connectivity index (χ3n) is 5.46. The number of hydrogen-bond donors (Lipinski definition) is 1. The second-order valence-corrected chi connectivity index (χ2v) is 7.76. The van der Waals surface area contributed by atoms with Crippen molar-refractivity contribution in [1.29, 1.82) is 0 Å². The molecule has 3 aromatic carbocycles. The summed E-state index contributed by atoms with van der Waals surface area (Å²) >= 11 is 0. The van der Waals surface area contributed by atoms with E-state index >= 15 is 0 Å². The van der Waals surface area contributed by atoms with Crippen LogP contribution in [-0.4, -0.2) is 15.5 Å². The molecule has 0 spiro atoms. The average Bonchev–Trinajstić information content (AvgIpc) is 3.10. The largest absolute Gasteiger partial charge is 0.345 e. The van der Waals surface area contributed by atoms with Gasteiger partial charge in [-0.1, -0.05) is 60.2 Å². The highest BCUT2D eigenvalue weighted by Gasteiger charge is 2.13. The summed E-state index contributed by atoms with van der Waals surface area (Å²) in [6.07, 6.45) is 2.03. The van der Waals surface area contributed by atoms with E-state index in [9.17, 15) is 4.79 Å². The van der Waals surface area contributed by atoms with E-state index in [4.69, 9.17) is 4.98 Å². The summed E-state index contributed by atoms with van der Waals surface area (Å²) in [5.41, 5.74) is 6.28. The van der Waals surface area contributed by atoms with Gasteiger partial charge in [-0.15, -0.1) is 0 Å². The summed E-state index contributed by atoms with van der Waals surface area (Å²) in [6.45, 7) is 5.28. The monoisotopic (exact) mass is 397 g/mol. The van der Waals surface area contributed by atoms with Crippen LogP contribution in [0.5, 0.6) is 0 Å². The first kappa shape index (κ1) is 19.9. The predicted molar refractivity (Wildman–Crippen MR) is 122 cm³/mol. The molecule has 0 saturated carbocycles. The summed E-state index contributed by atoms with van der Waals surface area (Å²) < 4.78 is 2.24. The van der Waals surface area contributed by atoms with Gasteiger partial charge in [0.05, 0.1) is 17.6 Å². The van der Waals surface area contributed by atoms with E-state index in [2.05, 4.69) is 40.2 Å². The van der Waals surface area contributed by atoms with E-state index in [0.717, 1.165) is 47.4 Å². The van der Waals surface area contributed by atoms with Crippen LogP contribution in [0.15, 0.2) is 72.8 Å². The van der Waals surface area contributed by atoms with E-state index in [-0.39, 0.29) is 5.91 Å². The molecule has 0 atom stereocenters. The lowest BCUT2D eigenvalue weighted by Gasteiger charge is -2.11. The minimum Gasteiger partial charge on any atom is -0.345 e. The van der Waals surface area contributed by atoms with Gasteiger partial charge >= 0.3 is 0 Å². The zero-order chi connectivity index (χ0) is 20.9. The van der Waals surface area contributed by atoms with Crippen molar-refractivity contribution in [3.8, 4) is 0 Å². The molecular weight excluding hydrogens is 370 g/mol. The molecule has 0 bridgehead atoms. The van der Waals surface area contributed by atoms with Gasteiger partial charge in [-0.3, -0.25) is 4.79 Å². The van der Waals surface area contributed by atoms with Crippen molar-refractivity contribution >= 4 is 16.9 Å². The molecule has 0 aliphatic carbocycles. The number of imidazole rings is 1. The number of para-hydroxylation sites is 2. The van der Waals surface area contributed by atoms with Crippen LogP contribution < -0.4 is 5.32 Å². The maximum absolute atomic E-state index is 12.7. The van der Waals surface area contributed by atoms with Crippen molar-refractivity contribution in [1.82, 2.24) is 14.9 Å². The molecule has 30 heavy (non-hydrogen) atoms. The number of nitrogens with zero attached hydrogens (tertiary/aromatic N) is 2. The molecule has 0 saturated heterocycles. The number of hydrogen-bond acceptors (Lipinski definition) is 2. The maximum Gasteiger partial charge on any atom is 0.251 e. The second-order valence-electron chi connectivity index (χ2n) is 7.76. The van der Waals surface area contributed by atoms with E-state index < -0.39 is 0 Å². The van der Waals surface area contributed by atoms with Gasteiger partial charge in [-0.2, -0.15) is 0 Å². The molecule has 1 amide bonds. The molecule has 1 N–H and O–H groups in total. The van der Waals surface area contributed by atoms with Crippen molar-refractivity contribution in [3.05, 3.63) is 101 Å². The molecule has 4 nitrogen and oxygen atoms in total. The second kappa shape index (κ2) is 8.95. The normalized spacial score (nSPS) is 11.0. The molecule has 0 aliphatic rings. The number of carbonyl (C=O) groups is 1. The van der Waals surface area contributed by atoms with Crippen LogP contribution in [0.2, 0.25) is 0 Å². The summed E-state index contributed by atoms with van der Waals surface area (Å²) in [6, 6.07) is 24.6. The van der Waals surface area contributed by atoms with Crippen molar-refractivity contribution in [2.75, 3.05) is 0 Å². The fraction of sp³-hybridized carbons (Fsp3) is 0.231. The zero-order valence-electron chi connectivity index (χ0n) is 17.6. The summed E-state index contributed by atoms with van der Waals surface area (Å²) in [5, 5.41) is 3.06. The lowest BCUT2D eigenvalue weighted by Crippen LogP contribution is -2.25. The van der Waals surface area contributed by atoms with Crippen LogP contribution >= 0.6 is 0 Å². The standard InChI is InChI=1S/C26H27N3O/c1-19-14-15-22(20(2)17-19)26(30)27-18-25-28-23-12-6-7-13-24(23)29(25)16-8-11-21-9-4-3-5-10-21/h3-7,9-10,12-15,17H,8,11,16,18H2,1-2H3,(H,27,30). The number of benzene rings is 3. The first-order chi connectivity index (χ1) is 14.6. The Morgan fingerprint density at radius 1 is 0.967 bits per heavy atom. The van der Waals surface area contributed by atoms with Crippen molar-refractivity contribution in [2.24, 2.45) is 0 Å². The van der Waals surface area contributed by atoms with E-state index in [1.165, 1.54) is 5.56 Å². The Morgan fingerprint density at radius 2 is 1.73 bits per heavy atom. The fourth-order valence-electron chi connectivity index (χ4n) is 3.92. The molecule has 1 heterocycles. The lowest BCUT2D eigenvalue weighted by atomic mass is 10.1. The summed E-state index contributed by atoms with van der Waals surface area (Å²) in [5.74, 6) is 0.831. The van der Waals surface area contributed by atoms with Gasteiger partial charge < -0.3 is 9.88 Å². The molecule has 4 heteroatoms. The number of aromatic nitrogens is 2. The fourth-order valence-corrected chi connectivity index (χ4v) is 3.92. The topological polar surface area (TPSA) is 46.9 Å². The third-order valence-corrected chi connectivity index (χ3v) is 5.46. The van der Waals surface area contributed by atoms with Crippen LogP contribution in [0.4, 0.5) is 0 Å². The zero-order valence-corrected chi connectivity index (χ0v) is 17.6. The van der Waals surface area contributed by atoms with Gasteiger partial charge in [0.1, 0.15) is 5.82 Å². The van der Waals surface area contributed by atoms with Gasteiger partial charge in [0.2, 0.25) is 0 Å². The molecule has 0 radical (unpaired) electrons. The van der Waals surface area contributed by atoms with E-state index in [1.807, 2.05) is 56.3 Å². The predicted octanol–water partition coefficient (Wildman–Crippen LogP) is 5.22. The highest BCUT2D eigenvalue weighted by Crippen LogP contribution is 2.18. The Balaban J connectivity index is 1.50.